The van der Waals surface area contributed by atoms with E-state index >= 15 is 0 Å². The molecule has 3 rings (SSSR count). The Kier molecular flexibility index (Phi) is 6.51. The number of sulfonamides is 1. The fraction of sp³-hybridized carbons (Fsp3) is 0.647. The highest BCUT2D eigenvalue weighted by atomic mass is 32.2. The second-order valence-electron chi connectivity index (χ2n) is 6.79. The summed E-state index contributed by atoms with van der Waals surface area (Å²) in [5.41, 5.74) is 0.170. The second kappa shape index (κ2) is 8.85. The summed E-state index contributed by atoms with van der Waals surface area (Å²) in [7, 11) is -3.64. The van der Waals surface area contributed by atoms with Crippen molar-refractivity contribution in [3.8, 4) is 0 Å². The third-order valence-electron chi connectivity index (χ3n) is 4.94. The van der Waals surface area contributed by atoms with Crippen LogP contribution in [0.1, 0.15) is 36.2 Å². The van der Waals surface area contributed by atoms with Crippen LogP contribution in [0.15, 0.2) is 17.2 Å². The summed E-state index contributed by atoms with van der Waals surface area (Å²) in [6.45, 7) is 1.96. The zero-order valence-electron chi connectivity index (χ0n) is 15.2. The van der Waals surface area contributed by atoms with Crippen molar-refractivity contribution >= 4 is 21.8 Å². The predicted molar refractivity (Wildman–Crippen MR) is 97.7 cm³/mol. The van der Waals surface area contributed by atoms with E-state index in [1.54, 1.807) is 0 Å². The van der Waals surface area contributed by atoms with Gasteiger partial charge in [0, 0.05) is 38.3 Å². The van der Waals surface area contributed by atoms with Gasteiger partial charge in [0.25, 0.3) is 5.91 Å². The van der Waals surface area contributed by atoms with Gasteiger partial charge in [-0.1, -0.05) is 12.8 Å². The molecule has 9 nitrogen and oxygen atoms in total. The summed E-state index contributed by atoms with van der Waals surface area (Å²) in [5.74, 6) is -0.272. The Labute approximate surface area is 158 Å². The van der Waals surface area contributed by atoms with E-state index in [9.17, 15) is 18.0 Å². The van der Waals surface area contributed by atoms with E-state index in [1.165, 1.54) is 16.6 Å². The number of H-pyrrole nitrogens is 1. The monoisotopic (exact) mass is 398 g/mol. The van der Waals surface area contributed by atoms with Crippen LogP contribution in [0.25, 0.3) is 0 Å². The minimum Gasteiger partial charge on any atom is -0.379 e. The second-order valence-corrected chi connectivity index (χ2v) is 8.73. The van der Waals surface area contributed by atoms with Crippen LogP contribution in [-0.4, -0.2) is 68.9 Å². The average molecular weight is 398 g/mol. The van der Waals surface area contributed by atoms with Crippen LogP contribution < -0.4 is 10.6 Å². The number of carbonyl (C=O) groups is 2. The molecule has 2 aliphatic rings. The van der Waals surface area contributed by atoms with Crippen LogP contribution in [0, 0.1) is 5.92 Å². The zero-order chi connectivity index (χ0) is 19.3. The lowest BCUT2D eigenvalue weighted by atomic mass is 10.1. The minimum absolute atomic E-state index is 0.0421. The Morgan fingerprint density at radius 1 is 1.15 bits per heavy atom. The number of nitrogens with one attached hydrogen (secondary N) is 3. The van der Waals surface area contributed by atoms with Gasteiger partial charge in [-0.25, -0.2) is 8.42 Å². The molecule has 2 heterocycles. The molecule has 2 amide bonds. The zero-order valence-corrected chi connectivity index (χ0v) is 16.0. The van der Waals surface area contributed by atoms with Gasteiger partial charge in [0.1, 0.15) is 10.6 Å². The van der Waals surface area contributed by atoms with Crippen LogP contribution in [-0.2, 0) is 19.6 Å². The Bertz CT molecular complexity index is 764. The van der Waals surface area contributed by atoms with Gasteiger partial charge in [0.05, 0.1) is 13.2 Å². The first-order valence-corrected chi connectivity index (χ1v) is 10.7. The van der Waals surface area contributed by atoms with Crippen LogP contribution in [0.5, 0.6) is 0 Å². The van der Waals surface area contributed by atoms with Crippen molar-refractivity contribution in [3.05, 3.63) is 18.0 Å². The molecule has 1 aromatic rings. The van der Waals surface area contributed by atoms with Crippen molar-refractivity contribution in [3.63, 3.8) is 0 Å². The van der Waals surface area contributed by atoms with Gasteiger partial charge in [-0.3, -0.25) is 9.59 Å². The quantitative estimate of drug-likeness (QED) is 0.562. The predicted octanol–water partition coefficient (Wildman–Crippen LogP) is 0.0718. The molecule has 0 spiro atoms. The smallest absolute Gasteiger partial charge is 0.267 e. The van der Waals surface area contributed by atoms with E-state index in [4.69, 9.17) is 4.74 Å². The summed E-state index contributed by atoms with van der Waals surface area (Å²) in [5, 5.41) is 5.50. The molecule has 1 aromatic heterocycles. The molecule has 0 unspecified atom stereocenters. The highest BCUT2D eigenvalue weighted by Gasteiger charge is 2.28. The van der Waals surface area contributed by atoms with E-state index < -0.39 is 15.9 Å². The summed E-state index contributed by atoms with van der Waals surface area (Å²) >= 11 is 0. The third-order valence-corrected chi connectivity index (χ3v) is 6.82. The van der Waals surface area contributed by atoms with Gasteiger partial charge < -0.3 is 20.4 Å². The lowest BCUT2D eigenvalue weighted by Crippen LogP contribution is -2.40. The van der Waals surface area contributed by atoms with Crippen LogP contribution >= 0.6 is 0 Å². The summed E-state index contributed by atoms with van der Waals surface area (Å²) in [6, 6.07) is 1.33. The topological polar surface area (TPSA) is 121 Å². The van der Waals surface area contributed by atoms with E-state index in [2.05, 4.69) is 15.6 Å². The number of aromatic amines is 1. The lowest BCUT2D eigenvalue weighted by Gasteiger charge is -2.25. The van der Waals surface area contributed by atoms with Gasteiger partial charge in [-0.05, 0) is 18.9 Å². The van der Waals surface area contributed by atoms with E-state index in [1.807, 2.05) is 0 Å². The number of nitrogens with zero attached hydrogens (tertiary/aromatic N) is 1. The summed E-state index contributed by atoms with van der Waals surface area (Å²) < 4.78 is 31.6. The standard InChI is InChI=1S/C17H26N4O5S/c22-16(13-3-1-2-4-13)18-5-6-19-17(23)15-11-14(12-20-15)27(24,25)21-7-9-26-10-8-21/h11-13,20H,1-10H2,(H,18,22)(H,19,23). The Hall–Kier alpha value is -1.91. The van der Waals surface area contributed by atoms with E-state index in [-0.39, 0.29) is 29.0 Å². The minimum atomic E-state index is -3.64. The Morgan fingerprint density at radius 3 is 2.52 bits per heavy atom. The maximum atomic E-state index is 12.6. The van der Waals surface area contributed by atoms with Crippen molar-refractivity contribution in [1.29, 1.82) is 0 Å². The van der Waals surface area contributed by atoms with Crippen LogP contribution in [0.3, 0.4) is 0 Å². The van der Waals surface area contributed by atoms with Gasteiger partial charge in [-0.2, -0.15) is 4.31 Å². The van der Waals surface area contributed by atoms with E-state index in [0.29, 0.717) is 32.8 Å². The Morgan fingerprint density at radius 2 is 1.81 bits per heavy atom. The molecular formula is C17H26N4O5S. The molecule has 150 valence electrons. The molecule has 1 saturated carbocycles. The first-order valence-electron chi connectivity index (χ1n) is 9.31. The van der Waals surface area contributed by atoms with Crippen molar-refractivity contribution in [2.24, 2.45) is 5.92 Å². The van der Waals surface area contributed by atoms with E-state index in [0.717, 1.165) is 25.7 Å². The summed E-state index contributed by atoms with van der Waals surface area (Å²) in [6.07, 6.45) is 5.37. The molecule has 1 aliphatic heterocycles. The number of hydrogen-bond acceptors (Lipinski definition) is 5. The highest BCUT2D eigenvalue weighted by molar-refractivity contribution is 7.89. The number of amides is 2. The fourth-order valence-electron chi connectivity index (χ4n) is 3.38. The molecule has 0 atom stereocenters. The van der Waals surface area contributed by atoms with Gasteiger partial charge in [0.2, 0.25) is 15.9 Å². The van der Waals surface area contributed by atoms with Crippen LogP contribution in [0.4, 0.5) is 0 Å². The normalized spacial score (nSPS) is 19.1. The van der Waals surface area contributed by atoms with Crippen molar-refractivity contribution < 1.29 is 22.7 Å². The van der Waals surface area contributed by atoms with Crippen LogP contribution in [0.2, 0.25) is 0 Å². The van der Waals surface area contributed by atoms with Crippen molar-refractivity contribution in [2.45, 2.75) is 30.6 Å². The Balaban J connectivity index is 1.47. The van der Waals surface area contributed by atoms with Gasteiger partial charge in [0.15, 0.2) is 0 Å². The molecule has 1 saturated heterocycles. The molecule has 0 bridgehead atoms. The number of rotatable bonds is 7. The third kappa shape index (κ3) is 4.88. The maximum Gasteiger partial charge on any atom is 0.267 e. The number of ether oxygens (including phenoxy) is 1. The molecule has 27 heavy (non-hydrogen) atoms. The number of hydrogen-bond donors (Lipinski definition) is 3. The molecule has 0 aromatic carbocycles. The molecule has 0 radical (unpaired) electrons. The fourth-order valence-corrected chi connectivity index (χ4v) is 4.78. The highest BCUT2D eigenvalue weighted by Crippen LogP contribution is 2.24. The molecule has 1 aliphatic carbocycles. The molecular weight excluding hydrogens is 372 g/mol. The first kappa shape index (κ1) is 19.8. The van der Waals surface area contributed by atoms with Gasteiger partial charge in [-0.15, -0.1) is 0 Å². The van der Waals surface area contributed by atoms with Crippen molar-refractivity contribution in [1.82, 2.24) is 19.9 Å². The summed E-state index contributed by atoms with van der Waals surface area (Å²) in [4.78, 5) is 26.9. The SMILES string of the molecule is O=C(NCCNC(=O)C1CCCC1)c1cc(S(=O)(=O)N2CCOCC2)c[nH]1. The van der Waals surface area contributed by atoms with Gasteiger partial charge >= 0.3 is 0 Å². The largest absolute Gasteiger partial charge is 0.379 e. The number of morpholine rings is 1. The first-order chi connectivity index (χ1) is 13.0. The molecule has 10 heteroatoms. The molecule has 3 N–H and O–H groups in total. The molecule has 2 fully saturated rings. The van der Waals surface area contributed by atoms with Crippen molar-refractivity contribution in [2.75, 3.05) is 39.4 Å². The number of carbonyl (C=O) groups excluding carboxylic acids is 2. The average Bonchev–Trinajstić information content (AvgIpc) is 3.38. The number of aromatic nitrogens is 1. The maximum absolute atomic E-state index is 12.6. The lowest BCUT2D eigenvalue weighted by molar-refractivity contribution is -0.124.